The summed E-state index contributed by atoms with van der Waals surface area (Å²) < 4.78 is 6.03. The van der Waals surface area contributed by atoms with Gasteiger partial charge in [-0.15, -0.1) is 0 Å². The molecule has 2 aromatic rings. The molecule has 0 saturated carbocycles. The van der Waals surface area contributed by atoms with Crippen molar-refractivity contribution in [2.45, 2.75) is 20.3 Å². The molecule has 0 unspecified atom stereocenters. The third-order valence-electron chi connectivity index (χ3n) is 3.13. The maximum absolute atomic E-state index is 12.1. The highest BCUT2D eigenvalue weighted by atomic mass is 79.9. The van der Waals surface area contributed by atoms with E-state index in [1.807, 2.05) is 31.2 Å². The monoisotopic (exact) mass is 346 g/mol. The van der Waals surface area contributed by atoms with Crippen molar-refractivity contribution in [3.8, 4) is 11.1 Å². The average molecular weight is 347 g/mol. The zero-order chi connectivity index (χ0) is 15.4. The van der Waals surface area contributed by atoms with Gasteiger partial charge in [0, 0.05) is 15.7 Å². The highest BCUT2D eigenvalue weighted by molar-refractivity contribution is 9.10. The standard InChI is InChI=1S/C16H15BrN2O2/c1-4-12-14(18-3)13(10-6-8-11(17)9-7-10)15(19-12)16(20)21-5-2/h6-9,19H,4-5H2,1-2H3. The van der Waals surface area contributed by atoms with Gasteiger partial charge in [-0.25, -0.2) is 9.64 Å². The van der Waals surface area contributed by atoms with Crippen LogP contribution in [0.15, 0.2) is 28.7 Å². The van der Waals surface area contributed by atoms with Crippen molar-refractivity contribution < 1.29 is 9.53 Å². The first kappa shape index (κ1) is 15.3. The number of carbonyl (C=O) groups excluding carboxylic acids is 1. The summed E-state index contributed by atoms with van der Waals surface area (Å²) in [7, 11) is 0. The van der Waals surface area contributed by atoms with Crippen LogP contribution in [0.3, 0.4) is 0 Å². The van der Waals surface area contributed by atoms with Gasteiger partial charge in [-0.3, -0.25) is 0 Å². The lowest BCUT2D eigenvalue weighted by Gasteiger charge is -2.05. The molecule has 1 heterocycles. The van der Waals surface area contributed by atoms with Crippen LogP contribution in [0.1, 0.15) is 30.0 Å². The number of esters is 1. The van der Waals surface area contributed by atoms with Crippen LogP contribution < -0.4 is 0 Å². The van der Waals surface area contributed by atoms with E-state index in [2.05, 4.69) is 25.8 Å². The minimum absolute atomic E-state index is 0.298. The summed E-state index contributed by atoms with van der Waals surface area (Å²) in [6.45, 7) is 11.4. The van der Waals surface area contributed by atoms with Gasteiger partial charge in [-0.1, -0.05) is 35.0 Å². The molecule has 0 saturated heterocycles. The quantitative estimate of drug-likeness (QED) is 0.642. The van der Waals surface area contributed by atoms with Crippen molar-refractivity contribution in [1.82, 2.24) is 4.98 Å². The van der Waals surface area contributed by atoms with Crippen LogP contribution in [0.25, 0.3) is 16.0 Å². The SMILES string of the molecule is [C-]#[N+]c1c(CC)[nH]c(C(=O)OCC)c1-c1ccc(Br)cc1. The predicted molar refractivity (Wildman–Crippen MR) is 85.5 cm³/mol. The largest absolute Gasteiger partial charge is 0.461 e. The minimum atomic E-state index is -0.431. The molecule has 4 nitrogen and oxygen atoms in total. The molecule has 0 atom stereocenters. The molecule has 2 rings (SSSR count). The Balaban J connectivity index is 2.66. The van der Waals surface area contributed by atoms with Gasteiger partial charge >= 0.3 is 5.97 Å². The molecule has 1 N–H and O–H groups in total. The molecule has 0 fully saturated rings. The molecule has 21 heavy (non-hydrogen) atoms. The van der Waals surface area contributed by atoms with Crippen LogP contribution >= 0.6 is 15.9 Å². The second kappa shape index (κ2) is 6.59. The summed E-state index contributed by atoms with van der Waals surface area (Å²) in [5.41, 5.74) is 3.03. The zero-order valence-electron chi connectivity index (χ0n) is 11.9. The summed E-state index contributed by atoms with van der Waals surface area (Å²) in [6, 6.07) is 7.53. The Morgan fingerprint density at radius 3 is 2.52 bits per heavy atom. The molecule has 108 valence electrons. The Morgan fingerprint density at radius 2 is 2.00 bits per heavy atom. The number of hydrogen-bond donors (Lipinski definition) is 1. The molecule has 0 amide bonds. The van der Waals surface area contributed by atoms with E-state index in [1.54, 1.807) is 6.92 Å². The molecular weight excluding hydrogens is 332 g/mol. The molecule has 0 radical (unpaired) electrons. The maximum Gasteiger partial charge on any atom is 0.353 e. The van der Waals surface area contributed by atoms with Crippen LogP contribution in [0.4, 0.5) is 5.69 Å². The van der Waals surface area contributed by atoms with Gasteiger partial charge < -0.3 is 9.72 Å². The van der Waals surface area contributed by atoms with E-state index < -0.39 is 5.97 Å². The topological polar surface area (TPSA) is 46.5 Å². The lowest BCUT2D eigenvalue weighted by molar-refractivity contribution is 0.0521. The van der Waals surface area contributed by atoms with Gasteiger partial charge in [0.15, 0.2) is 0 Å². The highest BCUT2D eigenvalue weighted by Crippen LogP contribution is 2.38. The van der Waals surface area contributed by atoms with Gasteiger partial charge in [-0.2, -0.15) is 0 Å². The highest BCUT2D eigenvalue weighted by Gasteiger charge is 2.23. The van der Waals surface area contributed by atoms with Crippen molar-refractivity contribution in [2.24, 2.45) is 0 Å². The van der Waals surface area contributed by atoms with E-state index in [0.717, 1.165) is 15.7 Å². The number of nitrogens with one attached hydrogen (secondary N) is 1. The van der Waals surface area contributed by atoms with Crippen LogP contribution in [0, 0.1) is 6.57 Å². The van der Waals surface area contributed by atoms with Crippen molar-refractivity contribution in [1.29, 1.82) is 0 Å². The number of aryl methyl sites for hydroxylation is 1. The number of ether oxygens (including phenoxy) is 1. The number of H-pyrrole nitrogens is 1. The summed E-state index contributed by atoms with van der Waals surface area (Å²) in [5.74, 6) is -0.431. The lowest BCUT2D eigenvalue weighted by Crippen LogP contribution is -2.06. The fourth-order valence-electron chi connectivity index (χ4n) is 2.18. The number of benzene rings is 1. The van der Waals surface area contributed by atoms with E-state index in [4.69, 9.17) is 11.3 Å². The number of hydrogen-bond acceptors (Lipinski definition) is 2. The third-order valence-corrected chi connectivity index (χ3v) is 3.66. The van der Waals surface area contributed by atoms with Gasteiger partial charge in [0.25, 0.3) is 0 Å². The van der Waals surface area contributed by atoms with E-state index in [1.165, 1.54) is 0 Å². The molecule has 1 aromatic heterocycles. The van der Waals surface area contributed by atoms with Crippen LogP contribution in [0.2, 0.25) is 0 Å². The second-order valence-electron chi connectivity index (χ2n) is 4.39. The van der Waals surface area contributed by atoms with Gasteiger partial charge in [0.05, 0.1) is 13.2 Å². The number of nitrogens with zero attached hydrogens (tertiary/aromatic N) is 1. The van der Waals surface area contributed by atoms with Crippen molar-refractivity contribution in [3.63, 3.8) is 0 Å². The van der Waals surface area contributed by atoms with Crippen molar-refractivity contribution in [3.05, 3.63) is 51.5 Å². The third kappa shape index (κ3) is 3.01. The Hall–Kier alpha value is -2.06. The number of aromatic nitrogens is 1. The smallest absolute Gasteiger partial charge is 0.353 e. The molecule has 1 aromatic carbocycles. The Labute approximate surface area is 132 Å². The van der Waals surface area contributed by atoms with E-state index >= 15 is 0 Å². The molecule has 0 bridgehead atoms. The Morgan fingerprint density at radius 1 is 1.33 bits per heavy atom. The van der Waals surface area contributed by atoms with Crippen molar-refractivity contribution >= 4 is 27.6 Å². The normalized spacial score (nSPS) is 10.2. The number of aromatic amines is 1. The summed E-state index contributed by atoms with van der Waals surface area (Å²) in [6.07, 6.45) is 0.653. The summed E-state index contributed by atoms with van der Waals surface area (Å²) in [4.78, 5) is 18.8. The van der Waals surface area contributed by atoms with Crippen molar-refractivity contribution in [2.75, 3.05) is 6.61 Å². The molecule has 0 aliphatic carbocycles. The molecular formula is C16H15BrN2O2. The van der Waals surface area contributed by atoms with Crippen LogP contribution in [-0.4, -0.2) is 17.6 Å². The number of rotatable bonds is 4. The first-order valence-corrected chi connectivity index (χ1v) is 7.47. The molecule has 0 spiro atoms. The lowest BCUT2D eigenvalue weighted by atomic mass is 10.0. The Kier molecular flexibility index (Phi) is 4.81. The van der Waals surface area contributed by atoms with E-state index in [9.17, 15) is 4.79 Å². The summed E-state index contributed by atoms with van der Waals surface area (Å²) in [5, 5.41) is 0. The molecule has 5 heteroatoms. The van der Waals surface area contributed by atoms with Crippen LogP contribution in [-0.2, 0) is 11.2 Å². The summed E-state index contributed by atoms with van der Waals surface area (Å²) >= 11 is 3.38. The second-order valence-corrected chi connectivity index (χ2v) is 5.31. The van der Waals surface area contributed by atoms with Gasteiger partial charge in [0.1, 0.15) is 5.69 Å². The first-order valence-electron chi connectivity index (χ1n) is 6.67. The zero-order valence-corrected chi connectivity index (χ0v) is 13.5. The average Bonchev–Trinajstić information content (AvgIpc) is 2.87. The Bertz CT molecular complexity index is 696. The predicted octanol–water partition coefficient (Wildman–Crippen LogP) is 4.73. The van der Waals surface area contributed by atoms with Gasteiger partial charge in [0.2, 0.25) is 5.69 Å². The van der Waals surface area contributed by atoms with Gasteiger partial charge in [-0.05, 0) is 31.0 Å². The fraction of sp³-hybridized carbons (Fsp3) is 0.250. The van der Waals surface area contributed by atoms with E-state index in [-0.39, 0.29) is 0 Å². The van der Waals surface area contributed by atoms with Crippen LogP contribution in [0.5, 0.6) is 0 Å². The maximum atomic E-state index is 12.1. The number of carbonyl (C=O) groups is 1. The minimum Gasteiger partial charge on any atom is -0.461 e. The number of halogens is 1. The van der Waals surface area contributed by atoms with E-state index in [0.29, 0.717) is 30.0 Å². The molecule has 0 aliphatic rings. The fourth-order valence-corrected chi connectivity index (χ4v) is 2.44. The first-order chi connectivity index (χ1) is 10.1. The molecule has 0 aliphatic heterocycles.